The average molecular weight is 392 g/mol. The van der Waals surface area contributed by atoms with Crippen molar-refractivity contribution in [3.8, 4) is 0 Å². The Morgan fingerprint density at radius 2 is 1.78 bits per heavy atom. The van der Waals surface area contributed by atoms with E-state index in [2.05, 4.69) is 53.8 Å². The van der Waals surface area contributed by atoms with Crippen molar-refractivity contribution in [3.63, 3.8) is 0 Å². The number of thioether (sulfide) groups is 1. The predicted octanol–water partition coefficient (Wildman–Crippen LogP) is 5.39. The highest BCUT2D eigenvalue weighted by Gasteiger charge is 2.24. The number of fused-ring (bicyclic) bond motifs is 2. The molecule has 136 valence electrons. The first-order chi connectivity index (χ1) is 13.2. The van der Waals surface area contributed by atoms with Crippen molar-refractivity contribution in [2.75, 3.05) is 6.54 Å². The molecule has 0 saturated carbocycles. The Balaban J connectivity index is 1.29. The number of carbonyl (C=O) groups excluding carboxylic acids is 1. The lowest BCUT2D eigenvalue weighted by Crippen LogP contribution is -2.31. The Morgan fingerprint density at radius 3 is 2.67 bits per heavy atom. The van der Waals surface area contributed by atoms with Crippen LogP contribution in [0, 0.1) is 5.92 Å². The number of hydrogen-bond donors (Lipinski definition) is 1. The van der Waals surface area contributed by atoms with Crippen molar-refractivity contribution < 1.29 is 4.79 Å². The maximum absolute atomic E-state index is 12.3. The minimum Gasteiger partial charge on any atom is -0.371 e. The van der Waals surface area contributed by atoms with Crippen LogP contribution in [0.25, 0.3) is 10.8 Å². The molecule has 2 nitrogen and oxygen atoms in total. The summed E-state index contributed by atoms with van der Waals surface area (Å²) in [4.78, 5) is 12.3. The lowest BCUT2D eigenvalue weighted by Gasteiger charge is -2.24. The van der Waals surface area contributed by atoms with Crippen LogP contribution in [0.4, 0.5) is 0 Å². The van der Waals surface area contributed by atoms with E-state index in [4.69, 9.17) is 12.2 Å². The normalized spacial score (nSPS) is 16.1. The van der Waals surface area contributed by atoms with Gasteiger partial charge in [0.2, 0.25) is 0 Å². The summed E-state index contributed by atoms with van der Waals surface area (Å²) < 4.78 is 0.800. The molecule has 27 heavy (non-hydrogen) atoms. The van der Waals surface area contributed by atoms with Gasteiger partial charge in [0.15, 0.2) is 5.78 Å². The fourth-order valence-electron chi connectivity index (χ4n) is 3.63. The first kappa shape index (κ1) is 18.2. The highest BCUT2D eigenvalue weighted by molar-refractivity contribution is 8.22. The van der Waals surface area contributed by atoms with Gasteiger partial charge in [-0.25, -0.2) is 0 Å². The zero-order valence-corrected chi connectivity index (χ0v) is 16.6. The third kappa shape index (κ3) is 4.40. The van der Waals surface area contributed by atoms with Crippen LogP contribution in [0.3, 0.4) is 0 Å². The second-order valence-corrected chi connectivity index (χ2v) is 8.65. The van der Waals surface area contributed by atoms with E-state index in [0.717, 1.165) is 34.2 Å². The zero-order valence-electron chi connectivity index (χ0n) is 15.0. The summed E-state index contributed by atoms with van der Waals surface area (Å²) in [6, 6.07) is 22.9. The van der Waals surface area contributed by atoms with E-state index in [0.29, 0.717) is 12.3 Å². The number of thiocarbonyl (C=S) groups is 1. The van der Waals surface area contributed by atoms with Crippen molar-refractivity contribution in [1.82, 2.24) is 5.32 Å². The smallest absolute Gasteiger partial charge is 0.163 e. The fourth-order valence-corrected chi connectivity index (χ4v) is 4.55. The van der Waals surface area contributed by atoms with Gasteiger partial charge in [0.25, 0.3) is 0 Å². The maximum Gasteiger partial charge on any atom is 0.163 e. The van der Waals surface area contributed by atoms with E-state index in [1.165, 1.54) is 16.3 Å². The van der Waals surface area contributed by atoms with Gasteiger partial charge in [-0.1, -0.05) is 90.7 Å². The van der Waals surface area contributed by atoms with E-state index in [-0.39, 0.29) is 5.78 Å². The Labute approximate surface area is 169 Å². The molecule has 1 aliphatic carbocycles. The topological polar surface area (TPSA) is 29.1 Å². The first-order valence-electron chi connectivity index (χ1n) is 9.18. The molecular weight excluding hydrogens is 370 g/mol. The van der Waals surface area contributed by atoms with E-state index in [1.807, 2.05) is 18.2 Å². The third-order valence-electron chi connectivity index (χ3n) is 5.02. The minimum absolute atomic E-state index is 0.249. The molecule has 1 atom stereocenters. The van der Waals surface area contributed by atoms with Crippen LogP contribution < -0.4 is 5.32 Å². The number of Topliss-reactive ketones (excluding diaryl/α,β-unsaturated/α-hetero) is 1. The van der Waals surface area contributed by atoms with Gasteiger partial charge >= 0.3 is 0 Å². The molecule has 0 heterocycles. The maximum atomic E-state index is 12.3. The van der Waals surface area contributed by atoms with Gasteiger partial charge in [0.05, 0.1) is 0 Å². The van der Waals surface area contributed by atoms with Crippen molar-refractivity contribution >= 4 is 44.9 Å². The van der Waals surface area contributed by atoms with Crippen LogP contribution in [-0.4, -0.2) is 16.6 Å². The Hall–Kier alpha value is -2.17. The van der Waals surface area contributed by atoms with Crippen molar-refractivity contribution in [2.45, 2.75) is 18.6 Å². The molecule has 0 radical (unpaired) electrons. The Kier molecular flexibility index (Phi) is 5.55. The average Bonchev–Trinajstić information content (AvgIpc) is 2.70. The van der Waals surface area contributed by atoms with Gasteiger partial charge < -0.3 is 5.32 Å². The summed E-state index contributed by atoms with van der Waals surface area (Å²) in [6.45, 7) is 0.754. The molecule has 1 unspecified atom stereocenters. The quantitative estimate of drug-likeness (QED) is 0.604. The molecule has 0 bridgehead atoms. The Bertz CT molecular complexity index is 998. The number of carbonyl (C=O) groups is 1. The number of rotatable bonds is 4. The van der Waals surface area contributed by atoms with E-state index < -0.39 is 0 Å². The van der Waals surface area contributed by atoms with Crippen LogP contribution in [-0.2, 0) is 12.2 Å². The standard InChI is InChI=1S/C23H21NOS2/c25-22-13-17(12-20-7-3-4-8-21(20)22)14-24-23(26)27-15-16-9-10-18-5-1-2-6-19(18)11-16/h1-11,17H,12-15H2,(H,24,26). The van der Waals surface area contributed by atoms with Crippen LogP contribution in [0.2, 0.25) is 0 Å². The lowest BCUT2D eigenvalue weighted by molar-refractivity contribution is 0.0949. The summed E-state index contributed by atoms with van der Waals surface area (Å²) in [6.07, 6.45) is 1.54. The van der Waals surface area contributed by atoms with Gasteiger partial charge in [0.1, 0.15) is 4.32 Å². The second-order valence-electron chi connectivity index (χ2n) is 6.99. The summed E-state index contributed by atoms with van der Waals surface area (Å²) in [7, 11) is 0. The zero-order chi connectivity index (χ0) is 18.6. The number of ketones is 1. The second kappa shape index (κ2) is 8.24. The van der Waals surface area contributed by atoms with Gasteiger partial charge in [-0.15, -0.1) is 0 Å². The van der Waals surface area contributed by atoms with E-state index >= 15 is 0 Å². The Morgan fingerprint density at radius 1 is 1.00 bits per heavy atom. The number of benzene rings is 3. The summed E-state index contributed by atoms with van der Waals surface area (Å²) >= 11 is 7.14. The highest BCUT2D eigenvalue weighted by atomic mass is 32.2. The molecule has 1 N–H and O–H groups in total. The molecule has 0 saturated heterocycles. The molecular formula is C23H21NOS2. The van der Waals surface area contributed by atoms with Gasteiger partial charge in [-0.05, 0) is 34.2 Å². The molecule has 4 rings (SSSR count). The van der Waals surface area contributed by atoms with Crippen LogP contribution >= 0.6 is 24.0 Å². The molecule has 3 aromatic rings. The first-order valence-corrected chi connectivity index (χ1v) is 10.6. The lowest BCUT2D eigenvalue weighted by atomic mass is 9.83. The van der Waals surface area contributed by atoms with Crippen molar-refractivity contribution in [1.29, 1.82) is 0 Å². The summed E-state index contributed by atoms with van der Waals surface area (Å²) in [5, 5.41) is 5.87. The molecule has 3 aromatic carbocycles. The molecule has 0 aromatic heterocycles. The predicted molar refractivity (Wildman–Crippen MR) is 118 cm³/mol. The number of hydrogen-bond acceptors (Lipinski definition) is 3. The molecule has 4 heteroatoms. The highest BCUT2D eigenvalue weighted by Crippen LogP contribution is 2.25. The molecule has 0 spiro atoms. The van der Waals surface area contributed by atoms with E-state index in [1.54, 1.807) is 11.8 Å². The molecule has 0 aliphatic heterocycles. The molecule has 0 fully saturated rings. The summed E-state index contributed by atoms with van der Waals surface area (Å²) in [5.41, 5.74) is 3.32. The van der Waals surface area contributed by atoms with Crippen molar-refractivity contribution in [2.24, 2.45) is 5.92 Å². The van der Waals surface area contributed by atoms with Crippen LogP contribution in [0.5, 0.6) is 0 Å². The number of nitrogens with one attached hydrogen (secondary N) is 1. The van der Waals surface area contributed by atoms with Gasteiger partial charge in [-0.2, -0.15) is 0 Å². The molecule has 0 amide bonds. The third-order valence-corrected chi connectivity index (χ3v) is 6.40. The van der Waals surface area contributed by atoms with Crippen LogP contribution in [0.1, 0.15) is 27.9 Å². The minimum atomic E-state index is 0.249. The van der Waals surface area contributed by atoms with Crippen molar-refractivity contribution in [3.05, 3.63) is 83.4 Å². The molecule has 1 aliphatic rings. The van der Waals surface area contributed by atoms with Gasteiger partial charge in [-0.3, -0.25) is 4.79 Å². The summed E-state index contributed by atoms with van der Waals surface area (Å²) in [5.74, 6) is 1.41. The van der Waals surface area contributed by atoms with E-state index in [9.17, 15) is 4.79 Å². The van der Waals surface area contributed by atoms with Gasteiger partial charge in [0, 0.05) is 24.3 Å². The monoisotopic (exact) mass is 391 g/mol. The largest absolute Gasteiger partial charge is 0.371 e. The fraction of sp³-hybridized carbons (Fsp3) is 0.217. The SMILES string of the molecule is O=C1CC(CNC(=S)SCc2ccc3ccccc3c2)Cc2ccccc21. The van der Waals surface area contributed by atoms with Crippen LogP contribution in [0.15, 0.2) is 66.7 Å².